The lowest BCUT2D eigenvalue weighted by atomic mass is 10.2. The van der Waals surface area contributed by atoms with Crippen molar-refractivity contribution in [2.75, 3.05) is 13.7 Å². The van der Waals surface area contributed by atoms with Gasteiger partial charge in [-0.2, -0.15) is 0 Å². The molecule has 3 aromatic rings. The van der Waals surface area contributed by atoms with Crippen LogP contribution in [-0.4, -0.2) is 23.6 Å². The van der Waals surface area contributed by atoms with E-state index in [0.717, 1.165) is 20.8 Å². The molecule has 1 aromatic heterocycles. The van der Waals surface area contributed by atoms with Gasteiger partial charge in [-0.05, 0) is 36.8 Å². The molecule has 25 heavy (non-hydrogen) atoms. The summed E-state index contributed by atoms with van der Waals surface area (Å²) in [6.45, 7) is 2.47. The lowest BCUT2D eigenvalue weighted by molar-refractivity contribution is -0.384. The molecule has 0 fully saturated rings. The average molecular weight is 356 g/mol. The number of nitro benzene ring substituents is 1. The first-order valence-electron chi connectivity index (χ1n) is 7.64. The number of methoxy groups -OCH3 is 1. The number of fused-ring (bicyclic) bond motifs is 1. The highest BCUT2D eigenvalue weighted by molar-refractivity contribution is 7.19. The summed E-state index contributed by atoms with van der Waals surface area (Å²) in [7, 11) is 1.60. The number of nitro groups is 1. The second-order valence-corrected chi connectivity index (χ2v) is 6.20. The maximum Gasteiger partial charge on any atom is 0.270 e. The summed E-state index contributed by atoms with van der Waals surface area (Å²) in [5.41, 5.74) is 1.78. The van der Waals surface area contributed by atoms with Crippen LogP contribution in [0.2, 0.25) is 0 Å². The van der Waals surface area contributed by atoms with Crippen LogP contribution in [0, 0.1) is 10.1 Å². The molecular weight excluding hydrogens is 340 g/mol. The maximum atomic E-state index is 10.9. The van der Waals surface area contributed by atoms with E-state index in [2.05, 4.69) is 4.98 Å². The van der Waals surface area contributed by atoms with Crippen LogP contribution in [0.4, 0.5) is 5.69 Å². The normalized spacial score (nSPS) is 11.1. The van der Waals surface area contributed by atoms with Crippen LogP contribution in [-0.2, 0) is 0 Å². The van der Waals surface area contributed by atoms with E-state index in [0.29, 0.717) is 18.1 Å². The third-order valence-corrected chi connectivity index (χ3v) is 4.49. The molecule has 0 aliphatic heterocycles. The highest BCUT2D eigenvalue weighted by Crippen LogP contribution is 2.30. The SMILES string of the molecule is CCOc1cc(/C=C/c2nc3ccc([N+](=O)[O-])cc3s2)ccc1OC. The van der Waals surface area contributed by atoms with E-state index in [1.54, 1.807) is 19.2 Å². The van der Waals surface area contributed by atoms with Crippen LogP contribution in [0.3, 0.4) is 0 Å². The minimum atomic E-state index is -0.402. The van der Waals surface area contributed by atoms with Crippen molar-refractivity contribution in [3.8, 4) is 11.5 Å². The Morgan fingerprint density at radius 2 is 2.04 bits per heavy atom. The number of non-ortho nitro benzene ring substituents is 1. The van der Waals surface area contributed by atoms with E-state index in [4.69, 9.17) is 9.47 Å². The number of hydrogen-bond donors (Lipinski definition) is 0. The Bertz CT molecular complexity index is 949. The fourth-order valence-corrected chi connectivity index (χ4v) is 3.25. The number of thiazole rings is 1. The molecule has 0 radical (unpaired) electrons. The molecule has 6 nitrogen and oxygen atoms in total. The van der Waals surface area contributed by atoms with Crippen molar-refractivity contribution in [1.82, 2.24) is 4.98 Å². The second-order valence-electron chi connectivity index (χ2n) is 5.14. The second kappa shape index (κ2) is 7.31. The standard InChI is InChI=1S/C18H16N2O4S/c1-3-24-16-10-12(4-8-15(16)23-2)5-9-18-19-14-7-6-13(20(21)22)11-17(14)25-18/h4-11H,3H2,1-2H3/b9-5+. The quantitative estimate of drug-likeness (QED) is 0.469. The van der Waals surface area contributed by atoms with E-state index in [1.807, 2.05) is 37.3 Å². The average Bonchev–Trinajstić information content (AvgIpc) is 3.02. The van der Waals surface area contributed by atoms with Gasteiger partial charge in [-0.15, -0.1) is 11.3 Å². The fraction of sp³-hybridized carbons (Fsp3) is 0.167. The van der Waals surface area contributed by atoms with Gasteiger partial charge in [-0.3, -0.25) is 10.1 Å². The van der Waals surface area contributed by atoms with Crippen molar-refractivity contribution in [3.63, 3.8) is 0 Å². The minimum absolute atomic E-state index is 0.0724. The Morgan fingerprint density at radius 1 is 1.20 bits per heavy atom. The zero-order valence-electron chi connectivity index (χ0n) is 13.8. The van der Waals surface area contributed by atoms with Crippen LogP contribution in [0.25, 0.3) is 22.4 Å². The molecule has 0 atom stereocenters. The fourth-order valence-electron chi connectivity index (χ4n) is 2.35. The lowest BCUT2D eigenvalue weighted by Gasteiger charge is -2.09. The molecule has 0 bridgehead atoms. The molecule has 0 amide bonds. The molecule has 0 spiro atoms. The molecular formula is C18H16N2O4S. The van der Waals surface area contributed by atoms with E-state index in [9.17, 15) is 10.1 Å². The molecule has 3 rings (SSSR count). The van der Waals surface area contributed by atoms with Gasteiger partial charge in [-0.25, -0.2) is 4.98 Å². The Hall–Kier alpha value is -2.93. The van der Waals surface area contributed by atoms with Gasteiger partial charge >= 0.3 is 0 Å². The van der Waals surface area contributed by atoms with E-state index in [1.165, 1.54) is 17.4 Å². The van der Waals surface area contributed by atoms with Crippen molar-refractivity contribution >= 4 is 39.4 Å². The topological polar surface area (TPSA) is 74.5 Å². The van der Waals surface area contributed by atoms with Crippen LogP contribution in [0.5, 0.6) is 11.5 Å². The molecule has 7 heteroatoms. The monoisotopic (exact) mass is 356 g/mol. The van der Waals surface area contributed by atoms with E-state index >= 15 is 0 Å². The maximum absolute atomic E-state index is 10.9. The van der Waals surface area contributed by atoms with Gasteiger partial charge < -0.3 is 9.47 Å². The Balaban J connectivity index is 1.87. The Kier molecular flexibility index (Phi) is 4.95. The highest BCUT2D eigenvalue weighted by Gasteiger charge is 2.09. The van der Waals surface area contributed by atoms with Gasteiger partial charge in [0.1, 0.15) is 5.01 Å². The van der Waals surface area contributed by atoms with Gasteiger partial charge in [0.15, 0.2) is 11.5 Å². The van der Waals surface area contributed by atoms with Gasteiger partial charge in [0, 0.05) is 12.1 Å². The zero-order chi connectivity index (χ0) is 17.8. The number of aromatic nitrogens is 1. The number of rotatable bonds is 6. The smallest absolute Gasteiger partial charge is 0.270 e. The third-order valence-electron chi connectivity index (χ3n) is 3.51. The Morgan fingerprint density at radius 3 is 2.76 bits per heavy atom. The molecule has 0 aliphatic rings. The summed E-state index contributed by atoms with van der Waals surface area (Å²) in [5.74, 6) is 1.37. The zero-order valence-corrected chi connectivity index (χ0v) is 14.6. The van der Waals surface area contributed by atoms with E-state index in [-0.39, 0.29) is 5.69 Å². The largest absolute Gasteiger partial charge is 0.493 e. The molecule has 1 heterocycles. The van der Waals surface area contributed by atoms with Gasteiger partial charge in [0.25, 0.3) is 5.69 Å². The van der Waals surface area contributed by atoms with Gasteiger partial charge in [0.2, 0.25) is 0 Å². The molecule has 128 valence electrons. The molecule has 0 aliphatic carbocycles. The number of nitrogens with zero attached hydrogens (tertiary/aromatic N) is 2. The van der Waals surface area contributed by atoms with Gasteiger partial charge in [0.05, 0.1) is 28.9 Å². The van der Waals surface area contributed by atoms with Crippen LogP contribution < -0.4 is 9.47 Å². The number of benzene rings is 2. The van der Waals surface area contributed by atoms with Crippen LogP contribution in [0.1, 0.15) is 17.5 Å². The van der Waals surface area contributed by atoms with E-state index < -0.39 is 4.92 Å². The highest BCUT2D eigenvalue weighted by atomic mass is 32.1. The summed E-state index contributed by atoms with van der Waals surface area (Å²) in [4.78, 5) is 14.9. The van der Waals surface area contributed by atoms with Crippen molar-refractivity contribution in [3.05, 3.63) is 57.1 Å². The number of hydrogen-bond acceptors (Lipinski definition) is 6. The molecule has 0 saturated heterocycles. The molecule has 0 saturated carbocycles. The first-order valence-corrected chi connectivity index (χ1v) is 8.46. The van der Waals surface area contributed by atoms with Crippen molar-refractivity contribution in [1.29, 1.82) is 0 Å². The predicted molar refractivity (Wildman–Crippen MR) is 99.4 cm³/mol. The van der Waals surface area contributed by atoms with Crippen molar-refractivity contribution in [2.24, 2.45) is 0 Å². The molecule has 0 N–H and O–H groups in total. The Labute approximate surface area is 148 Å². The first kappa shape index (κ1) is 16.9. The number of ether oxygens (including phenoxy) is 2. The molecule has 0 unspecified atom stereocenters. The summed E-state index contributed by atoms with van der Waals surface area (Å²) in [6, 6.07) is 10.4. The summed E-state index contributed by atoms with van der Waals surface area (Å²) >= 11 is 1.41. The van der Waals surface area contributed by atoms with Crippen LogP contribution >= 0.6 is 11.3 Å². The first-order chi connectivity index (χ1) is 12.1. The summed E-state index contributed by atoms with van der Waals surface area (Å²) in [5, 5.41) is 11.6. The predicted octanol–water partition coefficient (Wildman–Crippen LogP) is 4.78. The summed E-state index contributed by atoms with van der Waals surface area (Å²) < 4.78 is 11.6. The van der Waals surface area contributed by atoms with Gasteiger partial charge in [-0.1, -0.05) is 12.1 Å². The minimum Gasteiger partial charge on any atom is -0.493 e. The summed E-state index contributed by atoms with van der Waals surface area (Å²) in [6.07, 6.45) is 3.81. The van der Waals surface area contributed by atoms with Crippen LogP contribution in [0.15, 0.2) is 36.4 Å². The molecule has 2 aromatic carbocycles. The van der Waals surface area contributed by atoms with Crippen molar-refractivity contribution in [2.45, 2.75) is 6.92 Å². The lowest BCUT2D eigenvalue weighted by Crippen LogP contribution is -1.95. The third kappa shape index (κ3) is 3.77. The van der Waals surface area contributed by atoms with Crippen molar-refractivity contribution < 1.29 is 14.4 Å².